The Kier molecular flexibility index (Phi) is 6.23. The first-order valence-electron chi connectivity index (χ1n) is 9.03. The van der Waals surface area contributed by atoms with E-state index in [-0.39, 0.29) is 17.2 Å². The molecule has 3 N–H and O–H groups in total. The highest BCUT2D eigenvalue weighted by atomic mass is 19.4. The summed E-state index contributed by atoms with van der Waals surface area (Å²) in [5, 5.41) is 12.9. The van der Waals surface area contributed by atoms with E-state index < -0.39 is 18.3 Å². The molecule has 3 rings (SSSR count). The van der Waals surface area contributed by atoms with Crippen molar-refractivity contribution in [1.82, 2.24) is 19.9 Å². The van der Waals surface area contributed by atoms with E-state index in [9.17, 15) is 18.0 Å². The zero-order valence-corrected chi connectivity index (χ0v) is 16.6. The molecule has 3 aromatic rings. The van der Waals surface area contributed by atoms with E-state index in [0.29, 0.717) is 22.4 Å². The van der Waals surface area contributed by atoms with Crippen LogP contribution >= 0.6 is 0 Å². The smallest absolute Gasteiger partial charge is 0.405 e. The first kappa shape index (κ1) is 21.8. The Hall–Kier alpha value is -3.89. The highest BCUT2D eigenvalue weighted by Crippen LogP contribution is 2.22. The summed E-state index contributed by atoms with van der Waals surface area (Å²) in [7, 11) is 3.14. The van der Waals surface area contributed by atoms with E-state index in [1.165, 1.54) is 30.1 Å². The number of nitrogens with one attached hydrogen (secondary N) is 3. The van der Waals surface area contributed by atoms with Gasteiger partial charge in [0.25, 0.3) is 5.56 Å². The van der Waals surface area contributed by atoms with Crippen molar-refractivity contribution in [1.29, 1.82) is 5.41 Å². The molecular weight excluding hydrogens is 413 g/mol. The molecule has 0 aliphatic heterocycles. The predicted molar refractivity (Wildman–Crippen MR) is 112 cm³/mol. The van der Waals surface area contributed by atoms with Crippen molar-refractivity contribution >= 4 is 28.8 Å². The van der Waals surface area contributed by atoms with Crippen LogP contribution in [0, 0.1) is 5.41 Å². The molecule has 11 heteroatoms. The van der Waals surface area contributed by atoms with Gasteiger partial charge in [-0.05, 0) is 30.3 Å². The lowest BCUT2D eigenvalue weighted by atomic mass is 10.1. The van der Waals surface area contributed by atoms with Crippen LogP contribution in [0.4, 0.5) is 19.1 Å². The van der Waals surface area contributed by atoms with Gasteiger partial charge in [0.05, 0.1) is 18.4 Å². The number of hydrogen-bond acceptors (Lipinski definition) is 7. The van der Waals surface area contributed by atoms with Gasteiger partial charge in [-0.15, -0.1) is 0 Å². The largest absolute Gasteiger partial charge is 0.497 e. The summed E-state index contributed by atoms with van der Waals surface area (Å²) in [6.07, 6.45) is -0.606. The van der Waals surface area contributed by atoms with Crippen LogP contribution in [0.25, 0.3) is 22.3 Å². The molecule has 0 amide bonds. The van der Waals surface area contributed by atoms with Crippen LogP contribution in [-0.2, 0) is 0 Å². The number of anilines is 1. The number of rotatable bonds is 7. The first-order valence-corrected chi connectivity index (χ1v) is 9.03. The standard InChI is InChI=1S/C20H19F3N6O2/c1-25-9-13(8-24)16-7-12-10-26-19(27-11-20(21,22)23)28-17(12)29(18(16)30)14-3-5-15(31-2)6-4-14/h3-10,24-25H,11H2,1-2H3,(H,26,27,28)/b13-9+,24-8?. The molecule has 162 valence electrons. The normalized spacial score (nSPS) is 12.0. The van der Waals surface area contributed by atoms with Gasteiger partial charge in [-0.3, -0.25) is 9.36 Å². The zero-order valence-electron chi connectivity index (χ0n) is 16.6. The Labute approximate surface area is 174 Å². The van der Waals surface area contributed by atoms with E-state index in [2.05, 4.69) is 20.6 Å². The van der Waals surface area contributed by atoms with Crippen molar-refractivity contribution in [2.45, 2.75) is 6.18 Å². The molecule has 2 heterocycles. The maximum Gasteiger partial charge on any atom is 0.405 e. The summed E-state index contributed by atoms with van der Waals surface area (Å²) in [4.78, 5) is 21.4. The van der Waals surface area contributed by atoms with E-state index in [1.807, 2.05) is 0 Å². The quantitative estimate of drug-likeness (QED) is 0.496. The second kappa shape index (κ2) is 8.86. The van der Waals surface area contributed by atoms with Crippen molar-refractivity contribution in [3.8, 4) is 11.4 Å². The fraction of sp³-hybridized carbons (Fsp3) is 0.200. The third-order valence-corrected chi connectivity index (χ3v) is 4.28. The second-order valence-corrected chi connectivity index (χ2v) is 6.37. The van der Waals surface area contributed by atoms with Crippen LogP contribution in [0.15, 0.2) is 47.5 Å². The fourth-order valence-electron chi connectivity index (χ4n) is 2.89. The lowest BCUT2D eigenvalue weighted by molar-refractivity contribution is -0.115. The molecule has 0 fully saturated rings. The van der Waals surface area contributed by atoms with Gasteiger partial charge in [-0.1, -0.05) is 0 Å². The average molecular weight is 432 g/mol. The molecule has 1 aromatic carbocycles. The number of benzene rings is 1. The van der Waals surface area contributed by atoms with Gasteiger partial charge >= 0.3 is 6.18 Å². The summed E-state index contributed by atoms with van der Waals surface area (Å²) in [5.41, 5.74) is 0.561. The van der Waals surface area contributed by atoms with Crippen LogP contribution in [0.3, 0.4) is 0 Å². The molecule has 0 radical (unpaired) electrons. The van der Waals surface area contributed by atoms with Gasteiger partial charge < -0.3 is 20.8 Å². The van der Waals surface area contributed by atoms with E-state index in [0.717, 1.165) is 6.21 Å². The third-order valence-electron chi connectivity index (χ3n) is 4.28. The van der Waals surface area contributed by atoms with Gasteiger partial charge in [0.2, 0.25) is 5.95 Å². The summed E-state index contributed by atoms with van der Waals surface area (Å²) in [6.45, 7) is -1.31. The molecule has 0 spiro atoms. The number of ether oxygens (including phenoxy) is 1. The summed E-state index contributed by atoms with van der Waals surface area (Å²) < 4.78 is 44.1. The minimum Gasteiger partial charge on any atom is -0.497 e. The lowest BCUT2D eigenvalue weighted by Crippen LogP contribution is -2.25. The van der Waals surface area contributed by atoms with Gasteiger partial charge in [-0.25, -0.2) is 4.98 Å². The van der Waals surface area contributed by atoms with E-state index >= 15 is 0 Å². The topological polar surface area (TPSA) is 105 Å². The minimum atomic E-state index is -4.45. The van der Waals surface area contributed by atoms with Crippen LogP contribution in [0.5, 0.6) is 5.75 Å². The molecule has 0 atom stereocenters. The fourth-order valence-corrected chi connectivity index (χ4v) is 2.89. The zero-order chi connectivity index (χ0) is 22.6. The maximum atomic E-state index is 13.3. The number of methoxy groups -OCH3 is 1. The molecule has 0 saturated carbocycles. The van der Waals surface area contributed by atoms with Crippen molar-refractivity contribution in [3.63, 3.8) is 0 Å². The Balaban J connectivity index is 2.27. The highest BCUT2D eigenvalue weighted by Gasteiger charge is 2.27. The number of hydrogen-bond donors (Lipinski definition) is 3. The number of aromatic nitrogens is 3. The molecule has 0 saturated heterocycles. The Bertz CT molecular complexity index is 1190. The summed E-state index contributed by atoms with van der Waals surface area (Å²) in [5.74, 6) is 0.298. The first-order chi connectivity index (χ1) is 14.8. The number of halogens is 3. The average Bonchev–Trinajstić information content (AvgIpc) is 2.75. The van der Waals surface area contributed by atoms with Crippen molar-refractivity contribution in [2.24, 2.45) is 0 Å². The predicted octanol–water partition coefficient (Wildman–Crippen LogP) is 2.97. The monoisotopic (exact) mass is 432 g/mol. The summed E-state index contributed by atoms with van der Waals surface area (Å²) in [6, 6.07) is 8.04. The minimum absolute atomic E-state index is 0.118. The molecule has 0 aliphatic carbocycles. The maximum absolute atomic E-state index is 13.3. The Morgan fingerprint density at radius 3 is 2.58 bits per heavy atom. The van der Waals surface area contributed by atoms with Gasteiger partial charge in [-0.2, -0.15) is 18.2 Å². The number of nitrogens with zero attached hydrogens (tertiary/aromatic N) is 3. The number of fused-ring (bicyclic) bond motifs is 1. The van der Waals surface area contributed by atoms with Gasteiger partial charge in [0.15, 0.2) is 5.65 Å². The van der Waals surface area contributed by atoms with Crippen LogP contribution in [-0.4, -0.2) is 47.6 Å². The Morgan fingerprint density at radius 1 is 1.29 bits per heavy atom. The van der Waals surface area contributed by atoms with Crippen LogP contribution in [0.2, 0.25) is 0 Å². The van der Waals surface area contributed by atoms with Gasteiger partial charge in [0, 0.05) is 36.6 Å². The molecule has 2 aromatic heterocycles. The van der Waals surface area contributed by atoms with Crippen molar-refractivity contribution in [2.75, 3.05) is 26.0 Å². The number of pyridine rings is 1. The van der Waals surface area contributed by atoms with E-state index in [1.54, 1.807) is 31.3 Å². The van der Waals surface area contributed by atoms with Crippen LogP contribution < -0.4 is 20.9 Å². The SMILES string of the molecule is CN/C=C(\C=N)c1cc2cnc(NCC(F)(F)F)nc2n(-c2ccc(OC)cc2)c1=O. The molecule has 8 nitrogen and oxygen atoms in total. The van der Waals surface area contributed by atoms with Gasteiger partial charge in [0.1, 0.15) is 12.3 Å². The number of allylic oxidation sites excluding steroid dienone is 1. The highest BCUT2D eigenvalue weighted by molar-refractivity contribution is 6.08. The molecule has 0 unspecified atom stereocenters. The van der Waals surface area contributed by atoms with Crippen molar-refractivity contribution < 1.29 is 17.9 Å². The third kappa shape index (κ3) is 4.82. The second-order valence-electron chi connectivity index (χ2n) is 6.37. The van der Waals surface area contributed by atoms with Crippen molar-refractivity contribution in [3.05, 3.63) is 58.6 Å². The molecule has 0 aliphatic rings. The molecule has 31 heavy (non-hydrogen) atoms. The molecule has 0 bridgehead atoms. The van der Waals surface area contributed by atoms with Crippen LogP contribution in [0.1, 0.15) is 5.56 Å². The lowest BCUT2D eigenvalue weighted by Gasteiger charge is -2.14. The molecular formula is C20H19F3N6O2. The summed E-state index contributed by atoms with van der Waals surface area (Å²) >= 11 is 0. The Morgan fingerprint density at radius 2 is 2.00 bits per heavy atom. The number of alkyl halides is 3. The van der Waals surface area contributed by atoms with E-state index in [4.69, 9.17) is 10.1 Å².